The predicted molar refractivity (Wildman–Crippen MR) is 91.3 cm³/mol. The van der Waals surface area contributed by atoms with Gasteiger partial charge in [-0.05, 0) is 49.6 Å². The highest BCUT2D eigenvalue weighted by Crippen LogP contribution is 2.27. The zero-order valence-electron chi connectivity index (χ0n) is 12.6. The van der Waals surface area contributed by atoms with Gasteiger partial charge in [-0.25, -0.2) is 4.98 Å². The standard InChI is InChI=1S/C15H14N4O2S2/c1-3-21-11-6-4-10(5-7-11)12-8-22-15(16-12)17-14(20)13-9(2)18-19-23-13/h4-8H,3H2,1-2H3,(H,16,17,20). The van der Waals surface area contributed by atoms with E-state index in [0.717, 1.165) is 28.5 Å². The number of aryl methyl sites for hydroxylation is 1. The van der Waals surface area contributed by atoms with Crippen LogP contribution in [0.15, 0.2) is 29.6 Å². The van der Waals surface area contributed by atoms with E-state index in [1.54, 1.807) is 6.92 Å². The molecule has 1 N–H and O–H groups in total. The molecule has 0 saturated heterocycles. The van der Waals surface area contributed by atoms with Gasteiger partial charge in [0.25, 0.3) is 5.91 Å². The van der Waals surface area contributed by atoms with Crippen molar-refractivity contribution in [3.63, 3.8) is 0 Å². The van der Waals surface area contributed by atoms with E-state index in [1.807, 2.05) is 36.6 Å². The monoisotopic (exact) mass is 346 g/mol. The number of amides is 1. The minimum Gasteiger partial charge on any atom is -0.494 e. The van der Waals surface area contributed by atoms with Crippen LogP contribution in [0.3, 0.4) is 0 Å². The van der Waals surface area contributed by atoms with Crippen LogP contribution in [0.1, 0.15) is 22.3 Å². The van der Waals surface area contributed by atoms with Crippen LogP contribution >= 0.6 is 22.9 Å². The van der Waals surface area contributed by atoms with Crippen molar-refractivity contribution in [2.24, 2.45) is 0 Å². The molecule has 1 amide bonds. The van der Waals surface area contributed by atoms with Gasteiger partial charge in [-0.15, -0.1) is 16.4 Å². The number of nitrogens with one attached hydrogen (secondary N) is 1. The molecule has 0 fully saturated rings. The lowest BCUT2D eigenvalue weighted by Gasteiger charge is -2.03. The molecule has 8 heteroatoms. The molecule has 23 heavy (non-hydrogen) atoms. The van der Waals surface area contributed by atoms with Crippen molar-refractivity contribution in [2.75, 3.05) is 11.9 Å². The fraction of sp³-hybridized carbons (Fsp3) is 0.200. The normalized spacial score (nSPS) is 10.5. The predicted octanol–water partition coefficient (Wildman–Crippen LogP) is 3.62. The molecule has 2 aromatic heterocycles. The van der Waals surface area contributed by atoms with E-state index in [2.05, 4.69) is 19.9 Å². The molecule has 0 aliphatic heterocycles. The van der Waals surface area contributed by atoms with Crippen LogP contribution in [-0.2, 0) is 0 Å². The van der Waals surface area contributed by atoms with Gasteiger partial charge in [0.15, 0.2) is 5.13 Å². The molecule has 3 rings (SSSR count). The van der Waals surface area contributed by atoms with Crippen molar-refractivity contribution in [2.45, 2.75) is 13.8 Å². The second kappa shape index (κ2) is 6.84. The maximum absolute atomic E-state index is 12.1. The Hall–Kier alpha value is -2.32. The van der Waals surface area contributed by atoms with Gasteiger partial charge in [0, 0.05) is 10.9 Å². The number of anilines is 1. The Bertz CT molecular complexity index is 811. The minimum atomic E-state index is -0.231. The molecule has 0 spiro atoms. The van der Waals surface area contributed by atoms with E-state index in [4.69, 9.17) is 4.74 Å². The average Bonchev–Trinajstić information content (AvgIpc) is 3.17. The molecule has 0 unspecified atom stereocenters. The molecular weight excluding hydrogens is 332 g/mol. The van der Waals surface area contributed by atoms with E-state index in [9.17, 15) is 4.79 Å². The van der Waals surface area contributed by atoms with Gasteiger partial charge < -0.3 is 4.74 Å². The van der Waals surface area contributed by atoms with Gasteiger partial charge in [-0.2, -0.15) is 0 Å². The number of ether oxygens (including phenoxy) is 1. The largest absolute Gasteiger partial charge is 0.494 e. The minimum absolute atomic E-state index is 0.231. The summed E-state index contributed by atoms with van der Waals surface area (Å²) in [5, 5.41) is 9.07. The number of hydrogen-bond donors (Lipinski definition) is 1. The number of thiazole rings is 1. The summed E-state index contributed by atoms with van der Waals surface area (Å²) in [5.74, 6) is 0.596. The quantitative estimate of drug-likeness (QED) is 0.763. The smallest absolute Gasteiger partial charge is 0.271 e. The van der Waals surface area contributed by atoms with Gasteiger partial charge in [-0.1, -0.05) is 4.49 Å². The highest BCUT2D eigenvalue weighted by Gasteiger charge is 2.15. The first-order chi connectivity index (χ1) is 11.2. The Labute approximate surface area is 141 Å². The topological polar surface area (TPSA) is 77.0 Å². The van der Waals surface area contributed by atoms with E-state index >= 15 is 0 Å². The Morgan fingerprint density at radius 3 is 2.74 bits per heavy atom. The second-order valence-electron chi connectivity index (χ2n) is 4.64. The third kappa shape index (κ3) is 3.54. The Morgan fingerprint density at radius 1 is 1.30 bits per heavy atom. The Kier molecular flexibility index (Phi) is 4.63. The summed E-state index contributed by atoms with van der Waals surface area (Å²) in [6.45, 7) is 4.34. The fourth-order valence-electron chi connectivity index (χ4n) is 1.95. The molecular formula is C15H14N4O2S2. The van der Waals surface area contributed by atoms with Crippen LogP contribution in [0.25, 0.3) is 11.3 Å². The Balaban J connectivity index is 1.73. The second-order valence-corrected chi connectivity index (χ2v) is 6.25. The summed E-state index contributed by atoms with van der Waals surface area (Å²) in [7, 11) is 0. The summed E-state index contributed by atoms with van der Waals surface area (Å²) in [4.78, 5) is 17.1. The van der Waals surface area contributed by atoms with Gasteiger partial charge in [0.05, 0.1) is 18.0 Å². The fourth-order valence-corrected chi connectivity index (χ4v) is 3.21. The van der Waals surface area contributed by atoms with Crippen LogP contribution in [-0.4, -0.2) is 27.1 Å². The number of carbonyl (C=O) groups is 1. The molecule has 2 heterocycles. The van der Waals surface area contributed by atoms with Crippen molar-refractivity contribution in [1.29, 1.82) is 0 Å². The summed E-state index contributed by atoms with van der Waals surface area (Å²) in [6, 6.07) is 7.71. The van der Waals surface area contributed by atoms with Gasteiger partial charge in [0.2, 0.25) is 0 Å². The summed E-state index contributed by atoms with van der Waals surface area (Å²) < 4.78 is 9.18. The SMILES string of the molecule is CCOc1ccc(-c2csc(NC(=O)c3snnc3C)n2)cc1. The van der Waals surface area contributed by atoms with Crippen molar-refractivity contribution in [3.05, 3.63) is 40.2 Å². The third-order valence-electron chi connectivity index (χ3n) is 3.04. The van der Waals surface area contributed by atoms with Gasteiger partial charge in [0.1, 0.15) is 10.6 Å². The molecule has 0 saturated carbocycles. The zero-order valence-corrected chi connectivity index (χ0v) is 14.2. The highest BCUT2D eigenvalue weighted by atomic mass is 32.1. The molecule has 118 valence electrons. The van der Waals surface area contributed by atoms with Crippen LogP contribution in [0.4, 0.5) is 5.13 Å². The van der Waals surface area contributed by atoms with E-state index in [-0.39, 0.29) is 5.91 Å². The first kappa shape index (κ1) is 15.6. The highest BCUT2D eigenvalue weighted by molar-refractivity contribution is 7.14. The molecule has 6 nitrogen and oxygen atoms in total. The van der Waals surface area contributed by atoms with E-state index in [1.165, 1.54) is 11.3 Å². The van der Waals surface area contributed by atoms with E-state index < -0.39 is 0 Å². The number of aromatic nitrogens is 3. The molecule has 0 radical (unpaired) electrons. The molecule has 1 aromatic carbocycles. The zero-order chi connectivity index (χ0) is 16.2. The average molecular weight is 346 g/mol. The van der Waals surface area contributed by atoms with Gasteiger partial charge in [-0.3, -0.25) is 10.1 Å². The lowest BCUT2D eigenvalue weighted by molar-refractivity contribution is 0.103. The van der Waals surface area contributed by atoms with Crippen molar-refractivity contribution in [3.8, 4) is 17.0 Å². The first-order valence-electron chi connectivity index (χ1n) is 6.96. The summed E-state index contributed by atoms with van der Waals surface area (Å²) >= 11 is 2.46. The van der Waals surface area contributed by atoms with Crippen LogP contribution in [0.5, 0.6) is 5.75 Å². The number of nitrogens with zero attached hydrogens (tertiary/aromatic N) is 3. The third-order valence-corrected chi connectivity index (χ3v) is 4.63. The Morgan fingerprint density at radius 2 is 2.09 bits per heavy atom. The number of rotatable bonds is 5. The van der Waals surface area contributed by atoms with Crippen molar-refractivity contribution < 1.29 is 9.53 Å². The molecule has 0 aliphatic rings. The molecule has 3 aromatic rings. The molecule has 0 atom stereocenters. The maximum atomic E-state index is 12.1. The van der Waals surface area contributed by atoms with E-state index in [0.29, 0.717) is 22.3 Å². The lowest BCUT2D eigenvalue weighted by Crippen LogP contribution is -2.11. The molecule has 0 aliphatic carbocycles. The molecule has 0 bridgehead atoms. The van der Waals surface area contributed by atoms with Gasteiger partial charge >= 0.3 is 0 Å². The van der Waals surface area contributed by atoms with Crippen LogP contribution < -0.4 is 10.1 Å². The summed E-state index contributed by atoms with van der Waals surface area (Å²) in [5.41, 5.74) is 2.41. The summed E-state index contributed by atoms with van der Waals surface area (Å²) in [6.07, 6.45) is 0. The number of benzene rings is 1. The lowest BCUT2D eigenvalue weighted by atomic mass is 10.2. The van der Waals surface area contributed by atoms with Crippen molar-refractivity contribution in [1.82, 2.24) is 14.6 Å². The van der Waals surface area contributed by atoms with Crippen molar-refractivity contribution >= 4 is 33.9 Å². The number of hydrogen-bond acceptors (Lipinski definition) is 7. The van der Waals surface area contributed by atoms with Crippen LogP contribution in [0, 0.1) is 6.92 Å². The number of carbonyl (C=O) groups excluding carboxylic acids is 1. The van der Waals surface area contributed by atoms with Crippen LogP contribution in [0.2, 0.25) is 0 Å². The first-order valence-corrected chi connectivity index (χ1v) is 8.61. The maximum Gasteiger partial charge on any atom is 0.271 e.